The van der Waals surface area contributed by atoms with Gasteiger partial charge < -0.3 is 8.83 Å². The van der Waals surface area contributed by atoms with Crippen molar-refractivity contribution < 1.29 is 8.83 Å². The number of aromatic nitrogens is 2. The SMILES string of the molecule is ClC1=CC=CC(Cl)(c2nc3ccccc3o2)C1c1nc2ccccc2o1. The second kappa shape index (κ2) is 5.73. The van der Waals surface area contributed by atoms with Crippen molar-refractivity contribution in [3.05, 3.63) is 83.6 Å². The standard InChI is InChI=1S/C20H12Cl2N2O2/c21-12-6-5-11-20(22,19-24-14-8-2-4-10-16(14)26-19)17(12)18-23-13-7-1-3-9-15(13)25-18/h1-11,17H. The van der Waals surface area contributed by atoms with Crippen molar-refractivity contribution >= 4 is 45.4 Å². The van der Waals surface area contributed by atoms with E-state index in [4.69, 9.17) is 32.0 Å². The number of benzene rings is 2. The van der Waals surface area contributed by atoms with Crippen molar-refractivity contribution in [3.8, 4) is 0 Å². The molecule has 2 atom stereocenters. The lowest BCUT2D eigenvalue weighted by Crippen LogP contribution is -2.28. The second-order valence-corrected chi connectivity index (χ2v) is 7.18. The third-order valence-electron chi connectivity index (χ3n) is 4.47. The van der Waals surface area contributed by atoms with Crippen molar-refractivity contribution in [2.24, 2.45) is 0 Å². The van der Waals surface area contributed by atoms with Gasteiger partial charge in [-0.2, -0.15) is 0 Å². The van der Waals surface area contributed by atoms with Gasteiger partial charge in [-0.15, -0.1) is 11.6 Å². The average molecular weight is 383 g/mol. The van der Waals surface area contributed by atoms with Gasteiger partial charge in [-0.1, -0.05) is 48.0 Å². The molecule has 6 heteroatoms. The molecule has 2 unspecified atom stereocenters. The summed E-state index contributed by atoms with van der Waals surface area (Å²) in [7, 11) is 0. The maximum absolute atomic E-state index is 7.03. The number of halogens is 2. The number of hydrogen-bond acceptors (Lipinski definition) is 4. The first-order chi connectivity index (χ1) is 12.6. The Morgan fingerprint density at radius 2 is 1.54 bits per heavy atom. The molecule has 4 aromatic rings. The summed E-state index contributed by atoms with van der Waals surface area (Å²) in [6, 6.07) is 15.1. The molecule has 0 fully saturated rings. The van der Waals surface area contributed by atoms with Gasteiger partial charge in [0.15, 0.2) is 16.0 Å². The van der Waals surface area contributed by atoms with Gasteiger partial charge in [-0.05, 0) is 30.3 Å². The van der Waals surface area contributed by atoms with E-state index in [0.717, 1.165) is 11.0 Å². The molecule has 2 heterocycles. The number of oxazole rings is 2. The molecular formula is C20H12Cl2N2O2. The predicted molar refractivity (Wildman–Crippen MR) is 101 cm³/mol. The van der Waals surface area contributed by atoms with E-state index in [-0.39, 0.29) is 0 Å². The normalized spacial score (nSPS) is 22.8. The summed E-state index contributed by atoms with van der Waals surface area (Å²) in [6.07, 6.45) is 5.39. The zero-order valence-electron chi connectivity index (χ0n) is 13.4. The fourth-order valence-corrected chi connectivity index (χ4v) is 3.97. The molecule has 1 aliphatic carbocycles. The van der Waals surface area contributed by atoms with Crippen LogP contribution < -0.4 is 0 Å². The average Bonchev–Trinajstić information content (AvgIpc) is 3.25. The number of hydrogen-bond donors (Lipinski definition) is 0. The molecule has 26 heavy (non-hydrogen) atoms. The van der Waals surface area contributed by atoms with Crippen molar-refractivity contribution in [1.82, 2.24) is 9.97 Å². The lowest BCUT2D eigenvalue weighted by molar-refractivity contribution is 0.405. The van der Waals surface area contributed by atoms with Gasteiger partial charge in [0.2, 0.25) is 11.8 Å². The fourth-order valence-electron chi connectivity index (χ4n) is 3.22. The highest BCUT2D eigenvalue weighted by atomic mass is 35.5. The molecular weight excluding hydrogens is 371 g/mol. The van der Waals surface area contributed by atoms with E-state index < -0.39 is 10.8 Å². The zero-order valence-corrected chi connectivity index (χ0v) is 14.9. The van der Waals surface area contributed by atoms with E-state index in [1.54, 1.807) is 12.2 Å². The Balaban J connectivity index is 1.70. The summed E-state index contributed by atoms with van der Waals surface area (Å²) < 4.78 is 11.9. The maximum Gasteiger partial charge on any atom is 0.221 e. The summed E-state index contributed by atoms with van der Waals surface area (Å²) in [5, 5.41) is 0.510. The molecule has 2 aromatic heterocycles. The van der Waals surface area contributed by atoms with Gasteiger partial charge in [-0.3, -0.25) is 0 Å². The largest absolute Gasteiger partial charge is 0.440 e. The summed E-state index contributed by atoms with van der Waals surface area (Å²) in [5.74, 6) is 0.237. The van der Waals surface area contributed by atoms with Crippen LogP contribution in [0.15, 0.2) is 80.6 Å². The van der Waals surface area contributed by atoms with Crippen LogP contribution in [0.3, 0.4) is 0 Å². The van der Waals surface area contributed by atoms with Crippen LogP contribution in [-0.2, 0) is 4.87 Å². The van der Waals surface area contributed by atoms with Crippen LogP contribution in [0.1, 0.15) is 17.7 Å². The van der Waals surface area contributed by atoms with E-state index in [1.165, 1.54) is 0 Å². The maximum atomic E-state index is 7.03. The zero-order chi connectivity index (χ0) is 17.7. The number of fused-ring (bicyclic) bond motifs is 2. The van der Waals surface area contributed by atoms with E-state index in [0.29, 0.717) is 28.0 Å². The van der Waals surface area contributed by atoms with Gasteiger partial charge >= 0.3 is 0 Å². The number of para-hydroxylation sites is 4. The van der Waals surface area contributed by atoms with Crippen molar-refractivity contribution in [2.45, 2.75) is 10.8 Å². The molecule has 0 spiro atoms. The van der Waals surface area contributed by atoms with Crippen LogP contribution >= 0.6 is 23.2 Å². The molecule has 0 N–H and O–H groups in total. The quantitative estimate of drug-likeness (QED) is 0.406. The molecule has 128 valence electrons. The summed E-state index contributed by atoms with van der Waals surface area (Å²) in [6.45, 7) is 0. The fraction of sp³-hybridized carbons (Fsp3) is 0.100. The molecule has 0 saturated heterocycles. The van der Waals surface area contributed by atoms with Crippen molar-refractivity contribution in [1.29, 1.82) is 0 Å². The highest BCUT2D eigenvalue weighted by Gasteiger charge is 2.47. The van der Waals surface area contributed by atoms with Crippen LogP contribution in [0, 0.1) is 0 Å². The minimum Gasteiger partial charge on any atom is -0.440 e. The summed E-state index contributed by atoms with van der Waals surface area (Å²) in [5.41, 5.74) is 2.83. The van der Waals surface area contributed by atoms with Gasteiger partial charge in [0, 0.05) is 5.03 Å². The van der Waals surface area contributed by atoms with E-state index in [2.05, 4.69) is 9.97 Å². The Labute approximate surface area is 158 Å². The van der Waals surface area contributed by atoms with Crippen molar-refractivity contribution in [2.75, 3.05) is 0 Å². The van der Waals surface area contributed by atoms with E-state index in [1.807, 2.05) is 54.6 Å². The molecule has 0 bridgehead atoms. The van der Waals surface area contributed by atoms with E-state index in [9.17, 15) is 0 Å². The highest BCUT2D eigenvalue weighted by Crippen LogP contribution is 2.51. The van der Waals surface area contributed by atoms with Crippen LogP contribution in [0.25, 0.3) is 22.2 Å². The first-order valence-electron chi connectivity index (χ1n) is 8.10. The molecule has 2 aromatic carbocycles. The van der Waals surface area contributed by atoms with Crippen molar-refractivity contribution in [3.63, 3.8) is 0 Å². The molecule has 0 radical (unpaired) electrons. The number of rotatable bonds is 2. The summed E-state index contributed by atoms with van der Waals surface area (Å²) >= 11 is 13.6. The van der Waals surface area contributed by atoms with E-state index >= 15 is 0 Å². The van der Waals surface area contributed by atoms with Crippen LogP contribution in [0.2, 0.25) is 0 Å². The Hall–Kier alpha value is -2.56. The lowest BCUT2D eigenvalue weighted by atomic mass is 9.86. The molecule has 5 rings (SSSR count). The molecule has 1 aliphatic rings. The van der Waals surface area contributed by atoms with Crippen LogP contribution in [0.5, 0.6) is 0 Å². The Morgan fingerprint density at radius 1 is 0.885 bits per heavy atom. The molecule has 0 amide bonds. The lowest BCUT2D eigenvalue weighted by Gasteiger charge is -2.29. The monoisotopic (exact) mass is 382 g/mol. The smallest absolute Gasteiger partial charge is 0.221 e. The topological polar surface area (TPSA) is 52.1 Å². The molecule has 0 saturated carbocycles. The van der Waals surface area contributed by atoms with Crippen LogP contribution in [0.4, 0.5) is 0 Å². The first kappa shape index (κ1) is 15.7. The number of nitrogens with zero attached hydrogens (tertiary/aromatic N) is 2. The van der Waals surface area contributed by atoms with Gasteiger partial charge in [0.05, 0.1) is 0 Å². The first-order valence-corrected chi connectivity index (χ1v) is 8.86. The highest BCUT2D eigenvalue weighted by molar-refractivity contribution is 6.33. The number of alkyl halides is 1. The van der Waals surface area contributed by atoms with Gasteiger partial charge in [0.1, 0.15) is 17.0 Å². The molecule has 0 aliphatic heterocycles. The van der Waals surface area contributed by atoms with Crippen LogP contribution in [-0.4, -0.2) is 9.97 Å². The third-order valence-corrected chi connectivity index (χ3v) is 5.32. The third kappa shape index (κ3) is 2.30. The minimum absolute atomic E-state index is 0.357. The molecule has 4 nitrogen and oxygen atoms in total. The second-order valence-electron chi connectivity index (χ2n) is 6.12. The Bertz CT molecular complexity index is 1120. The minimum atomic E-state index is -1.13. The predicted octanol–water partition coefficient (Wildman–Crippen LogP) is 5.88. The number of allylic oxidation sites excluding steroid dienone is 4. The van der Waals surface area contributed by atoms with Gasteiger partial charge in [0.25, 0.3) is 0 Å². The Morgan fingerprint density at radius 3 is 2.23 bits per heavy atom. The van der Waals surface area contributed by atoms with Gasteiger partial charge in [-0.25, -0.2) is 9.97 Å². The summed E-state index contributed by atoms with van der Waals surface area (Å²) in [4.78, 5) is 8.02. The Kier molecular flexibility index (Phi) is 3.45.